The highest BCUT2D eigenvalue weighted by atomic mass is 19.1. The second-order valence-electron chi connectivity index (χ2n) is 8.20. The SMILES string of the molecule is C=C(C)C(=O)Oc1ccc(-c2ccc(OC(=O)C(=C)C)c3c2CCC3OC(=O)C(=C)C)c(F)c1. The summed E-state index contributed by atoms with van der Waals surface area (Å²) in [6.45, 7) is 15.2. The van der Waals surface area contributed by atoms with Crippen molar-refractivity contribution in [3.05, 3.63) is 83.7 Å². The van der Waals surface area contributed by atoms with Crippen molar-refractivity contribution in [3.63, 3.8) is 0 Å². The molecule has 2 aromatic rings. The van der Waals surface area contributed by atoms with Crippen molar-refractivity contribution in [1.82, 2.24) is 0 Å². The van der Waals surface area contributed by atoms with Gasteiger partial charge in [-0.2, -0.15) is 0 Å². The minimum absolute atomic E-state index is 0.0474. The Kier molecular flexibility index (Phi) is 7.15. The summed E-state index contributed by atoms with van der Waals surface area (Å²) < 4.78 is 31.2. The van der Waals surface area contributed by atoms with E-state index in [1.165, 1.54) is 39.0 Å². The number of hydrogen-bond donors (Lipinski definition) is 0. The standard InChI is InChI=1S/C27H25FO6/c1-14(2)25(29)32-17-7-8-19(21(28)13-17)18-9-11-22(33-26(30)15(3)4)24-20(18)10-12-23(24)34-27(31)16(5)6/h7-9,11,13,23H,1,3,5,10,12H2,2,4,6H3. The maximum Gasteiger partial charge on any atom is 0.338 e. The Hall–Kier alpha value is -4.00. The van der Waals surface area contributed by atoms with Gasteiger partial charge in [-0.25, -0.2) is 18.8 Å². The van der Waals surface area contributed by atoms with Gasteiger partial charge in [0.25, 0.3) is 0 Å². The van der Waals surface area contributed by atoms with Crippen LogP contribution in [-0.4, -0.2) is 17.9 Å². The number of fused-ring (bicyclic) bond motifs is 1. The van der Waals surface area contributed by atoms with Crippen LogP contribution in [-0.2, 0) is 25.5 Å². The van der Waals surface area contributed by atoms with Crippen LogP contribution in [0.4, 0.5) is 4.39 Å². The van der Waals surface area contributed by atoms with E-state index < -0.39 is 29.8 Å². The predicted octanol–water partition coefficient (Wildman–Crippen LogP) is 5.56. The molecule has 0 N–H and O–H groups in total. The van der Waals surface area contributed by atoms with E-state index in [0.29, 0.717) is 29.5 Å². The summed E-state index contributed by atoms with van der Waals surface area (Å²) >= 11 is 0. The van der Waals surface area contributed by atoms with Crippen molar-refractivity contribution in [1.29, 1.82) is 0 Å². The Labute approximate surface area is 197 Å². The zero-order chi connectivity index (χ0) is 25.2. The van der Waals surface area contributed by atoms with Crippen LogP contribution in [0.5, 0.6) is 11.5 Å². The van der Waals surface area contributed by atoms with E-state index in [-0.39, 0.29) is 33.8 Å². The first-order valence-electron chi connectivity index (χ1n) is 10.6. The molecule has 0 spiro atoms. The van der Waals surface area contributed by atoms with E-state index in [2.05, 4.69) is 19.7 Å². The lowest BCUT2D eigenvalue weighted by atomic mass is 9.95. The molecule has 1 aliphatic carbocycles. The van der Waals surface area contributed by atoms with Crippen molar-refractivity contribution in [3.8, 4) is 22.6 Å². The predicted molar refractivity (Wildman–Crippen MR) is 125 cm³/mol. The quantitative estimate of drug-likeness (QED) is 0.303. The minimum Gasteiger partial charge on any atom is -0.454 e. The highest BCUT2D eigenvalue weighted by Gasteiger charge is 2.33. The van der Waals surface area contributed by atoms with Gasteiger partial charge in [0, 0.05) is 33.9 Å². The van der Waals surface area contributed by atoms with Gasteiger partial charge in [-0.3, -0.25) is 0 Å². The number of carbonyl (C=O) groups is 3. The molecule has 0 aliphatic heterocycles. The molecule has 0 saturated carbocycles. The summed E-state index contributed by atoms with van der Waals surface area (Å²) in [6.07, 6.45) is 0.202. The molecule has 176 valence electrons. The van der Waals surface area contributed by atoms with E-state index in [1.807, 2.05) is 0 Å². The molecule has 0 fully saturated rings. The average Bonchev–Trinajstić information content (AvgIpc) is 3.18. The van der Waals surface area contributed by atoms with Gasteiger partial charge in [0.2, 0.25) is 0 Å². The van der Waals surface area contributed by atoms with Crippen LogP contribution >= 0.6 is 0 Å². The lowest BCUT2D eigenvalue weighted by molar-refractivity contribution is -0.144. The lowest BCUT2D eigenvalue weighted by Gasteiger charge is -2.19. The van der Waals surface area contributed by atoms with Gasteiger partial charge in [-0.05, 0) is 62.9 Å². The van der Waals surface area contributed by atoms with E-state index in [1.54, 1.807) is 6.07 Å². The van der Waals surface area contributed by atoms with Crippen molar-refractivity contribution < 1.29 is 33.0 Å². The third kappa shape index (κ3) is 5.14. The maximum atomic E-state index is 15.1. The summed E-state index contributed by atoms with van der Waals surface area (Å²) in [7, 11) is 0. The number of esters is 3. The number of halogens is 1. The first-order chi connectivity index (χ1) is 16.0. The van der Waals surface area contributed by atoms with Gasteiger partial charge in [0.05, 0.1) is 0 Å². The van der Waals surface area contributed by atoms with Crippen molar-refractivity contribution in [2.75, 3.05) is 0 Å². The van der Waals surface area contributed by atoms with Crippen molar-refractivity contribution >= 4 is 17.9 Å². The summed E-state index contributed by atoms with van der Waals surface area (Å²) in [6, 6.07) is 7.27. The Morgan fingerprint density at radius 3 is 2.03 bits per heavy atom. The van der Waals surface area contributed by atoms with Gasteiger partial charge in [0.15, 0.2) is 0 Å². The van der Waals surface area contributed by atoms with Gasteiger partial charge in [-0.15, -0.1) is 0 Å². The van der Waals surface area contributed by atoms with Crippen LogP contribution in [0.15, 0.2) is 66.8 Å². The molecular formula is C27H25FO6. The molecule has 1 atom stereocenters. The number of hydrogen-bond acceptors (Lipinski definition) is 6. The molecule has 7 heteroatoms. The zero-order valence-electron chi connectivity index (χ0n) is 19.3. The first kappa shape index (κ1) is 24.6. The highest BCUT2D eigenvalue weighted by Crippen LogP contribution is 2.46. The fourth-order valence-electron chi connectivity index (χ4n) is 3.53. The molecule has 0 saturated heterocycles. The molecule has 0 radical (unpaired) electrons. The lowest BCUT2D eigenvalue weighted by Crippen LogP contribution is -2.14. The molecule has 3 rings (SSSR count). The summed E-state index contributed by atoms with van der Waals surface area (Å²) in [5.74, 6) is -2.19. The third-order valence-electron chi connectivity index (χ3n) is 5.23. The molecule has 0 amide bonds. The normalized spacial score (nSPS) is 14.1. The molecule has 6 nitrogen and oxygen atoms in total. The second kappa shape index (κ2) is 9.87. The third-order valence-corrected chi connectivity index (χ3v) is 5.23. The smallest absolute Gasteiger partial charge is 0.338 e. The summed E-state index contributed by atoms with van der Waals surface area (Å²) in [5.41, 5.74) is 2.63. The Morgan fingerprint density at radius 1 is 0.853 bits per heavy atom. The molecule has 34 heavy (non-hydrogen) atoms. The van der Waals surface area contributed by atoms with Gasteiger partial charge in [0.1, 0.15) is 23.4 Å². The first-order valence-corrected chi connectivity index (χ1v) is 10.6. The van der Waals surface area contributed by atoms with E-state index in [9.17, 15) is 14.4 Å². The minimum atomic E-state index is -0.689. The fourth-order valence-corrected chi connectivity index (χ4v) is 3.53. The Bertz CT molecular complexity index is 1240. The van der Waals surface area contributed by atoms with Crippen molar-refractivity contribution in [2.45, 2.75) is 39.7 Å². The number of rotatable bonds is 7. The Balaban J connectivity index is 2.06. The van der Waals surface area contributed by atoms with Crippen molar-refractivity contribution in [2.24, 2.45) is 0 Å². The molecular weight excluding hydrogens is 439 g/mol. The molecule has 0 bridgehead atoms. The molecule has 1 unspecified atom stereocenters. The van der Waals surface area contributed by atoms with Crippen LogP contribution in [0.1, 0.15) is 44.4 Å². The maximum absolute atomic E-state index is 15.1. The fraction of sp³-hybridized carbons (Fsp3) is 0.222. The molecule has 1 aliphatic rings. The van der Waals surface area contributed by atoms with Gasteiger partial charge < -0.3 is 14.2 Å². The Morgan fingerprint density at radius 2 is 1.44 bits per heavy atom. The number of benzene rings is 2. The molecule has 0 heterocycles. The second-order valence-corrected chi connectivity index (χ2v) is 8.20. The topological polar surface area (TPSA) is 78.9 Å². The summed E-state index contributed by atoms with van der Waals surface area (Å²) in [4.78, 5) is 36.1. The zero-order valence-corrected chi connectivity index (χ0v) is 19.3. The molecule has 2 aromatic carbocycles. The van der Waals surface area contributed by atoms with Crippen LogP contribution in [0.3, 0.4) is 0 Å². The number of carbonyl (C=O) groups excluding carboxylic acids is 3. The van der Waals surface area contributed by atoms with Crippen LogP contribution in [0.25, 0.3) is 11.1 Å². The average molecular weight is 464 g/mol. The van der Waals surface area contributed by atoms with Crippen LogP contribution < -0.4 is 9.47 Å². The van der Waals surface area contributed by atoms with E-state index >= 15 is 4.39 Å². The number of ether oxygens (including phenoxy) is 3. The van der Waals surface area contributed by atoms with Gasteiger partial charge in [-0.1, -0.05) is 25.8 Å². The largest absolute Gasteiger partial charge is 0.454 e. The monoisotopic (exact) mass is 464 g/mol. The van der Waals surface area contributed by atoms with Crippen LogP contribution in [0, 0.1) is 5.82 Å². The van der Waals surface area contributed by atoms with Crippen LogP contribution in [0.2, 0.25) is 0 Å². The van der Waals surface area contributed by atoms with E-state index in [4.69, 9.17) is 14.2 Å². The molecule has 0 aromatic heterocycles. The van der Waals surface area contributed by atoms with E-state index in [0.717, 1.165) is 6.07 Å². The highest BCUT2D eigenvalue weighted by molar-refractivity contribution is 5.90. The van der Waals surface area contributed by atoms with Gasteiger partial charge >= 0.3 is 17.9 Å². The summed E-state index contributed by atoms with van der Waals surface area (Å²) in [5, 5.41) is 0.